The Morgan fingerprint density at radius 3 is 2.56 bits per heavy atom. The Hall–Kier alpha value is -1.81. The maximum absolute atomic E-state index is 12.5. The van der Waals surface area contributed by atoms with E-state index in [0.717, 1.165) is 28.6 Å². The lowest BCUT2D eigenvalue weighted by molar-refractivity contribution is 0.0933. The van der Waals surface area contributed by atoms with Gasteiger partial charge in [-0.25, -0.2) is 0 Å². The lowest BCUT2D eigenvalue weighted by Gasteiger charge is -2.16. The van der Waals surface area contributed by atoms with E-state index in [1.54, 1.807) is 0 Å². The summed E-state index contributed by atoms with van der Waals surface area (Å²) in [5, 5.41) is 3.20. The summed E-state index contributed by atoms with van der Waals surface area (Å²) in [6, 6.07) is 15.8. The zero-order valence-corrected chi connectivity index (χ0v) is 15.9. The SMILES string of the molecule is O=C(NC1CCCCCC1)c1cccc(COc2ccccc2Br)c1. The van der Waals surface area contributed by atoms with Crippen LogP contribution in [0.15, 0.2) is 53.0 Å². The third-order valence-electron chi connectivity index (χ3n) is 4.61. The second-order valence-corrected chi connectivity index (χ2v) is 7.44. The number of carbonyl (C=O) groups is 1. The van der Waals surface area contributed by atoms with Crippen LogP contribution in [0.4, 0.5) is 0 Å². The van der Waals surface area contributed by atoms with Gasteiger partial charge >= 0.3 is 0 Å². The molecule has 132 valence electrons. The molecule has 1 aliphatic rings. The fraction of sp³-hybridized carbons (Fsp3) is 0.381. The van der Waals surface area contributed by atoms with Crippen LogP contribution in [0.25, 0.3) is 0 Å². The predicted octanol–water partition coefficient (Wildman–Crippen LogP) is 5.48. The van der Waals surface area contributed by atoms with E-state index in [4.69, 9.17) is 4.74 Å². The van der Waals surface area contributed by atoms with Gasteiger partial charge in [-0.3, -0.25) is 4.79 Å². The Bertz CT molecular complexity index is 709. The smallest absolute Gasteiger partial charge is 0.251 e. The molecule has 1 amide bonds. The second-order valence-electron chi connectivity index (χ2n) is 6.58. The summed E-state index contributed by atoms with van der Waals surface area (Å²) in [4.78, 5) is 12.5. The van der Waals surface area contributed by atoms with Crippen molar-refractivity contribution >= 4 is 21.8 Å². The highest BCUT2D eigenvalue weighted by Crippen LogP contribution is 2.25. The summed E-state index contributed by atoms with van der Waals surface area (Å²) >= 11 is 3.48. The monoisotopic (exact) mass is 401 g/mol. The minimum atomic E-state index is 0.0228. The van der Waals surface area contributed by atoms with Gasteiger partial charge in [-0.2, -0.15) is 0 Å². The van der Waals surface area contributed by atoms with Crippen LogP contribution in [0.3, 0.4) is 0 Å². The van der Waals surface area contributed by atoms with Crippen LogP contribution in [0, 0.1) is 0 Å². The molecule has 3 rings (SSSR count). The Balaban J connectivity index is 1.60. The maximum atomic E-state index is 12.5. The van der Waals surface area contributed by atoms with Crippen molar-refractivity contribution in [2.45, 2.75) is 51.2 Å². The van der Waals surface area contributed by atoms with E-state index < -0.39 is 0 Å². The molecule has 2 aromatic rings. The van der Waals surface area contributed by atoms with Gasteiger partial charge in [0.05, 0.1) is 4.47 Å². The Morgan fingerprint density at radius 1 is 1.04 bits per heavy atom. The van der Waals surface area contributed by atoms with E-state index in [2.05, 4.69) is 21.2 Å². The topological polar surface area (TPSA) is 38.3 Å². The average Bonchev–Trinajstić information content (AvgIpc) is 2.90. The van der Waals surface area contributed by atoms with Crippen LogP contribution in [0.1, 0.15) is 54.4 Å². The molecule has 0 unspecified atom stereocenters. The van der Waals surface area contributed by atoms with E-state index >= 15 is 0 Å². The van der Waals surface area contributed by atoms with Gasteiger partial charge in [-0.05, 0) is 58.6 Å². The van der Waals surface area contributed by atoms with Crippen molar-refractivity contribution in [3.63, 3.8) is 0 Å². The number of benzene rings is 2. The van der Waals surface area contributed by atoms with E-state index in [-0.39, 0.29) is 5.91 Å². The molecule has 1 N–H and O–H groups in total. The molecule has 0 atom stereocenters. The first-order valence-corrected chi connectivity index (χ1v) is 9.79. The lowest BCUT2D eigenvalue weighted by Crippen LogP contribution is -2.34. The number of halogens is 1. The zero-order valence-electron chi connectivity index (χ0n) is 14.3. The molecular formula is C21H24BrNO2. The van der Waals surface area contributed by atoms with Crippen molar-refractivity contribution in [2.24, 2.45) is 0 Å². The molecule has 0 spiro atoms. The third-order valence-corrected chi connectivity index (χ3v) is 5.27. The molecule has 4 heteroatoms. The fourth-order valence-electron chi connectivity index (χ4n) is 3.22. The van der Waals surface area contributed by atoms with E-state index in [1.807, 2.05) is 48.5 Å². The highest BCUT2D eigenvalue weighted by Gasteiger charge is 2.16. The predicted molar refractivity (Wildman–Crippen MR) is 104 cm³/mol. The molecule has 0 aromatic heterocycles. The van der Waals surface area contributed by atoms with Crippen LogP contribution in [0.5, 0.6) is 5.75 Å². The summed E-state index contributed by atoms with van der Waals surface area (Å²) in [6.07, 6.45) is 7.19. The van der Waals surface area contributed by atoms with Gasteiger partial charge in [0.1, 0.15) is 12.4 Å². The van der Waals surface area contributed by atoms with Gasteiger partial charge in [-0.15, -0.1) is 0 Å². The quantitative estimate of drug-likeness (QED) is 0.673. The second kappa shape index (κ2) is 9.04. The molecule has 1 aliphatic carbocycles. The van der Waals surface area contributed by atoms with E-state index in [1.165, 1.54) is 25.7 Å². The number of nitrogens with one attached hydrogen (secondary N) is 1. The normalized spacial score (nSPS) is 15.4. The molecule has 0 heterocycles. The summed E-state index contributed by atoms with van der Waals surface area (Å²) in [7, 11) is 0. The minimum absolute atomic E-state index is 0.0228. The first-order valence-electron chi connectivity index (χ1n) is 8.99. The van der Waals surface area contributed by atoms with Crippen LogP contribution in [0.2, 0.25) is 0 Å². The van der Waals surface area contributed by atoms with Crippen LogP contribution in [-0.4, -0.2) is 11.9 Å². The third kappa shape index (κ3) is 5.33. The highest BCUT2D eigenvalue weighted by molar-refractivity contribution is 9.10. The van der Waals surface area contributed by atoms with Crippen LogP contribution < -0.4 is 10.1 Å². The summed E-state index contributed by atoms with van der Waals surface area (Å²) in [5.41, 5.74) is 1.70. The van der Waals surface area contributed by atoms with Crippen molar-refractivity contribution in [1.82, 2.24) is 5.32 Å². The first-order chi connectivity index (χ1) is 12.2. The maximum Gasteiger partial charge on any atom is 0.251 e. The van der Waals surface area contributed by atoms with Gasteiger partial charge < -0.3 is 10.1 Å². The first kappa shape index (κ1) is 18.0. The van der Waals surface area contributed by atoms with Crippen molar-refractivity contribution in [3.05, 3.63) is 64.1 Å². The molecule has 0 aliphatic heterocycles. The number of rotatable bonds is 5. The largest absolute Gasteiger partial charge is 0.488 e. The number of carbonyl (C=O) groups excluding carboxylic acids is 1. The van der Waals surface area contributed by atoms with Gasteiger partial charge in [0.25, 0.3) is 5.91 Å². The van der Waals surface area contributed by atoms with E-state index in [0.29, 0.717) is 18.2 Å². The Morgan fingerprint density at radius 2 is 1.80 bits per heavy atom. The van der Waals surface area contributed by atoms with Crippen LogP contribution in [-0.2, 0) is 6.61 Å². The van der Waals surface area contributed by atoms with Crippen molar-refractivity contribution in [3.8, 4) is 5.75 Å². The number of ether oxygens (including phenoxy) is 1. The van der Waals surface area contributed by atoms with Crippen molar-refractivity contribution in [1.29, 1.82) is 0 Å². The molecule has 0 bridgehead atoms. The average molecular weight is 402 g/mol. The molecule has 0 saturated heterocycles. The van der Waals surface area contributed by atoms with Crippen molar-refractivity contribution < 1.29 is 9.53 Å². The fourth-order valence-corrected chi connectivity index (χ4v) is 3.62. The number of hydrogen-bond donors (Lipinski definition) is 1. The molecule has 3 nitrogen and oxygen atoms in total. The molecule has 0 radical (unpaired) electrons. The van der Waals surface area contributed by atoms with Gasteiger partial charge in [-0.1, -0.05) is 49.9 Å². The number of hydrogen-bond acceptors (Lipinski definition) is 2. The van der Waals surface area contributed by atoms with Gasteiger partial charge in [0, 0.05) is 11.6 Å². The summed E-state index contributed by atoms with van der Waals surface area (Å²) in [5.74, 6) is 0.824. The minimum Gasteiger partial charge on any atom is -0.488 e. The van der Waals surface area contributed by atoms with Crippen LogP contribution >= 0.6 is 15.9 Å². The highest BCUT2D eigenvalue weighted by atomic mass is 79.9. The van der Waals surface area contributed by atoms with Gasteiger partial charge in [0.2, 0.25) is 0 Å². The molecule has 1 fully saturated rings. The molecule has 2 aromatic carbocycles. The summed E-state index contributed by atoms with van der Waals surface area (Å²) < 4.78 is 6.77. The molecular weight excluding hydrogens is 378 g/mol. The molecule has 25 heavy (non-hydrogen) atoms. The summed E-state index contributed by atoms with van der Waals surface area (Å²) in [6.45, 7) is 0.438. The Labute approximate surface area is 157 Å². The lowest BCUT2D eigenvalue weighted by atomic mass is 10.1. The van der Waals surface area contributed by atoms with Gasteiger partial charge in [0.15, 0.2) is 0 Å². The number of amides is 1. The number of para-hydroxylation sites is 1. The zero-order chi connectivity index (χ0) is 17.5. The van der Waals surface area contributed by atoms with Crippen molar-refractivity contribution in [2.75, 3.05) is 0 Å². The molecule has 1 saturated carbocycles. The van der Waals surface area contributed by atoms with E-state index in [9.17, 15) is 4.79 Å². The standard InChI is InChI=1S/C21H24BrNO2/c22-19-12-5-6-13-20(19)25-15-16-8-7-9-17(14-16)21(24)23-18-10-3-1-2-4-11-18/h5-9,12-14,18H,1-4,10-11,15H2,(H,23,24). The Kier molecular flexibility index (Phi) is 6.51.